The molecule has 1 unspecified atom stereocenters. The van der Waals surface area contributed by atoms with E-state index >= 15 is 0 Å². The van der Waals surface area contributed by atoms with Gasteiger partial charge in [-0.3, -0.25) is 9.69 Å². The van der Waals surface area contributed by atoms with Crippen molar-refractivity contribution in [2.75, 3.05) is 19.7 Å². The highest BCUT2D eigenvalue weighted by molar-refractivity contribution is 5.69. The predicted octanol–water partition coefficient (Wildman–Crippen LogP) is 0.164. The van der Waals surface area contributed by atoms with Gasteiger partial charge in [0.15, 0.2) is 0 Å². The molecule has 1 rings (SSSR count). The molecule has 0 saturated heterocycles. The van der Waals surface area contributed by atoms with E-state index in [0.717, 1.165) is 12.8 Å². The van der Waals surface area contributed by atoms with Crippen molar-refractivity contribution in [3.63, 3.8) is 0 Å². The minimum absolute atomic E-state index is 0.114. The van der Waals surface area contributed by atoms with Gasteiger partial charge in [-0.05, 0) is 12.8 Å². The summed E-state index contributed by atoms with van der Waals surface area (Å²) in [6.45, 7) is 2.97. The van der Waals surface area contributed by atoms with Crippen LogP contribution in [0.25, 0.3) is 0 Å². The van der Waals surface area contributed by atoms with Gasteiger partial charge in [0.05, 0.1) is 12.5 Å². The van der Waals surface area contributed by atoms with Crippen LogP contribution in [-0.2, 0) is 4.79 Å². The van der Waals surface area contributed by atoms with Crippen LogP contribution in [0.15, 0.2) is 0 Å². The van der Waals surface area contributed by atoms with Crippen LogP contribution in [0.4, 0.5) is 0 Å². The maximum atomic E-state index is 10.6. The number of carboxylic acid groups (broad SMARTS) is 1. The fourth-order valence-corrected chi connectivity index (χ4v) is 1.42. The van der Waals surface area contributed by atoms with Crippen LogP contribution in [0.1, 0.15) is 19.8 Å². The smallest absolute Gasteiger partial charge is 0.307 e. The Morgan fingerprint density at radius 2 is 2.23 bits per heavy atom. The van der Waals surface area contributed by atoms with Gasteiger partial charge in [-0.25, -0.2) is 0 Å². The number of hydrogen-bond donors (Lipinski definition) is 2. The second-order valence-corrected chi connectivity index (χ2v) is 3.69. The third-order valence-electron chi connectivity index (χ3n) is 2.38. The van der Waals surface area contributed by atoms with E-state index in [-0.39, 0.29) is 12.5 Å². The molecule has 0 spiro atoms. The van der Waals surface area contributed by atoms with Gasteiger partial charge >= 0.3 is 5.97 Å². The molecule has 4 nitrogen and oxygen atoms in total. The number of aliphatic hydroxyl groups excluding tert-OH is 1. The Morgan fingerprint density at radius 1 is 1.62 bits per heavy atom. The predicted molar refractivity (Wildman–Crippen MR) is 48.5 cm³/mol. The third-order valence-corrected chi connectivity index (χ3v) is 2.38. The number of aliphatic carboxylic acids is 1. The van der Waals surface area contributed by atoms with E-state index in [9.17, 15) is 4.79 Å². The molecule has 76 valence electrons. The number of carboxylic acids is 1. The summed E-state index contributed by atoms with van der Waals surface area (Å²) in [6.07, 6.45) is 2.29. The minimum atomic E-state index is -0.761. The van der Waals surface area contributed by atoms with Gasteiger partial charge in [-0.15, -0.1) is 0 Å². The first-order chi connectivity index (χ1) is 6.15. The molecule has 0 aliphatic heterocycles. The fraction of sp³-hybridized carbons (Fsp3) is 0.889. The van der Waals surface area contributed by atoms with Gasteiger partial charge in [0.1, 0.15) is 0 Å². The molecule has 1 atom stereocenters. The number of carbonyl (C=O) groups is 1. The molecule has 1 aliphatic carbocycles. The van der Waals surface area contributed by atoms with Crippen molar-refractivity contribution in [2.45, 2.75) is 25.8 Å². The summed E-state index contributed by atoms with van der Waals surface area (Å²) in [6, 6.07) is 0.522. The molecule has 0 aromatic rings. The van der Waals surface area contributed by atoms with Crippen molar-refractivity contribution < 1.29 is 15.0 Å². The Hall–Kier alpha value is -0.610. The van der Waals surface area contributed by atoms with Gasteiger partial charge in [0.2, 0.25) is 0 Å². The van der Waals surface area contributed by atoms with E-state index in [1.165, 1.54) is 0 Å². The van der Waals surface area contributed by atoms with Crippen LogP contribution >= 0.6 is 0 Å². The average Bonchev–Trinajstić information content (AvgIpc) is 2.85. The maximum absolute atomic E-state index is 10.6. The number of aliphatic hydroxyl groups is 1. The quantitative estimate of drug-likeness (QED) is 0.622. The van der Waals surface area contributed by atoms with Gasteiger partial charge in [0.25, 0.3) is 0 Å². The Morgan fingerprint density at radius 3 is 2.62 bits per heavy atom. The van der Waals surface area contributed by atoms with Crippen LogP contribution in [0.5, 0.6) is 0 Å². The molecule has 0 radical (unpaired) electrons. The average molecular weight is 187 g/mol. The van der Waals surface area contributed by atoms with Crippen molar-refractivity contribution in [2.24, 2.45) is 5.92 Å². The highest BCUT2D eigenvalue weighted by atomic mass is 16.4. The summed E-state index contributed by atoms with van der Waals surface area (Å²) in [7, 11) is 0. The van der Waals surface area contributed by atoms with E-state index in [4.69, 9.17) is 10.2 Å². The molecule has 2 N–H and O–H groups in total. The molecular weight excluding hydrogens is 170 g/mol. The van der Waals surface area contributed by atoms with E-state index in [1.807, 2.05) is 0 Å². The van der Waals surface area contributed by atoms with Crippen LogP contribution in [0.2, 0.25) is 0 Å². The number of hydrogen-bond acceptors (Lipinski definition) is 3. The van der Waals surface area contributed by atoms with Crippen molar-refractivity contribution in [3.05, 3.63) is 0 Å². The van der Waals surface area contributed by atoms with Crippen LogP contribution in [0, 0.1) is 5.92 Å². The molecular formula is C9H17NO3. The number of nitrogens with zero attached hydrogens (tertiary/aromatic N) is 1. The molecule has 4 heteroatoms. The summed E-state index contributed by atoms with van der Waals surface area (Å²) in [4.78, 5) is 12.7. The zero-order valence-electron chi connectivity index (χ0n) is 7.94. The second kappa shape index (κ2) is 4.58. The van der Waals surface area contributed by atoms with Crippen LogP contribution < -0.4 is 0 Å². The fourth-order valence-electron chi connectivity index (χ4n) is 1.42. The Balaban J connectivity index is 2.32. The van der Waals surface area contributed by atoms with E-state index in [0.29, 0.717) is 19.1 Å². The largest absolute Gasteiger partial charge is 0.481 e. The zero-order valence-corrected chi connectivity index (χ0v) is 7.94. The zero-order chi connectivity index (χ0) is 9.84. The summed E-state index contributed by atoms with van der Waals surface area (Å²) in [5.41, 5.74) is 0. The second-order valence-electron chi connectivity index (χ2n) is 3.69. The van der Waals surface area contributed by atoms with E-state index in [2.05, 4.69) is 4.90 Å². The molecule has 1 fully saturated rings. The minimum Gasteiger partial charge on any atom is -0.481 e. The van der Waals surface area contributed by atoms with E-state index in [1.54, 1.807) is 6.92 Å². The summed E-state index contributed by atoms with van der Waals surface area (Å²) in [5.74, 6) is -1.10. The highest BCUT2D eigenvalue weighted by Crippen LogP contribution is 2.27. The lowest BCUT2D eigenvalue weighted by Crippen LogP contribution is -2.35. The van der Waals surface area contributed by atoms with Crippen molar-refractivity contribution >= 4 is 5.97 Å². The van der Waals surface area contributed by atoms with Gasteiger partial charge in [-0.2, -0.15) is 0 Å². The Labute approximate surface area is 78.2 Å². The van der Waals surface area contributed by atoms with Crippen molar-refractivity contribution in [1.29, 1.82) is 0 Å². The molecule has 0 bridgehead atoms. The van der Waals surface area contributed by atoms with Gasteiger partial charge in [-0.1, -0.05) is 6.92 Å². The Bertz CT molecular complexity index is 180. The first-order valence-corrected chi connectivity index (χ1v) is 4.73. The van der Waals surface area contributed by atoms with Crippen LogP contribution in [-0.4, -0.2) is 46.8 Å². The molecule has 0 heterocycles. The van der Waals surface area contributed by atoms with Crippen LogP contribution in [0.3, 0.4) is 0 Å². The summed E-state index contributed by atoms with van der Waals surface area (Å²) >= 11 is 0. The van der Waals surface area contributed by atoms with Crippen molar-refractivity contribution in [1.82, 2.24) is 4.90 Å². The van der Waals surface area contributed by atoms with E-state index < -0.39 is 5.97 Å². The number of rotatable bonds is 6. The lowest BCUT2D eigenvalue weighted by molar-refractivity contribution is -0.141. The topological polar surface area (TPSA) is 60.8 Å². The Kier molecular flexibility index (Phi) is 3.69. The lowest BCUT2D eigenvalue weighted by Gasteiger charge is -2.22. The third kappa shape index (κ3) is 3.32. The molecule has 1 saturated carbocycles. The lowest BCUT2D eigenvalue weighted by atomic mass is 10.1. The SMILES string of the molecule is CC(CN(CCO)C1CC1)C(=O)O. The molecule has 1 aliphatic rings. The maximum Gasteiger partial charge on any atom is 0.307 e. The van der Waals surface area contributed by atoms with Gasteiger partial charge in [0, 0.05) is 19.1 Å². The molecule has 0 aromatic carbocycles. The highest BCUT2D eigenvalue weighted by Gasteiger charge is 2.30. The standard InChI is InChI=1S/C9H17NO3/c1-7(9(12)13)6-10(4-5-11)8-2-3-8/h7-8,11H,2-6H2,1H3,(H,12,13). The van der Waals surface area contributed by atoms with Crippen molar-refractivity contribution in [3.8, 4) is 0 Å². The monoisotopic (exact) mass is 187 g/mol. The normalized spacial score (nSPS) is 19.0. The summed E-state index contributed by atoms with van der Waals surface area (Å²) in [5, 5.41) is 17.5. The molecule has 0 aromatic heterocycles. The van der Waals surface area contributed by atoms with Gasteiger partial charge < -0.3 is 10.2 Å². The molecule has 0 amide bonds. The first-order valence-electron chi connectivity index (χ1n) is 4.73. The first kappa shape index (κ1) is 10.5. The summed E-state index contributed by atoms with van der Waals surface area (Å²) < 4.78 is 0. The molecule has 13 heavy (non-hydrogen) atoms.